The molecule has 34 heavy (non-hydrogen) atoms. The average Bonchev–Trinajstić information content (AvgIpc) is 3.40. The molecule has 3 aromatic rings. The number of anilines is 1. The topological polar surface area (TPSA) is 85.8 Å². The number of thioether (sulfide) groups is 1. The van der Waals surface area contributed by atoms with Gasteiger partial charge in [-0.1, -0.05) is 30.3 Å². The third kappa shape index (κ3) is 4.35. The minimum absolute atomic E-state index is 0.195. The van der Waals surface area contributed by atoms with Gasteiger partial charge in [-0.3, -0.25) is 4.98 Å². The molecule has 1 aromatic carbocycles. The van der Waals surface area contributed by atoms with E-state index >= 15 is 0 Å². The zero-order valence-corrected chi connectivity index (χ0v) is 19.3. The highest BCUT2D eigenvalue weighted by atomic mass is 32.2. The molecule has 0 bridgehead atoms. The van der Waals surface area contributed by atoms with Crippen LogP contribution >= 0.6 is 11.8 Å². The molecule has 0 aliphatic carbocycles. The zero-order valence-electron chi connectivity index (χ0n) is 18.4. The van der Waals surface area contributed by atoms with Gasteiger partial charge in [0.15, 0.2) is 0 Å². The van der Waals surface area contributed by atoms with E-state index < -0.39 is 6.17 Å². The number of halogens is 1. The Morgan fingerprint density at radius 3 is 2.53 bits per heavy atom. The van der Waals surface area contributed by atoms with Gasteiger partial charge in [0.05, 0.1) is 25.3 Å². The molecule has 2 aliphatic rings. The first-order valence-electron chi connectivity index (χ1n) is 11.1. The first-order valence-corrected chi connectivity index (χ1v) is 12.1. The molecule has 0 radical (unpaired) electrons. The van der Waals surface area contributed by atoms with Crippen LogP contribution in [0, 0.1) is 22.7 Å². The Bertz CT molecular complexity index is 1260. The lowest BCUT2D eigenvalue weighted by Gasteiger charge is -2.36. The molecule has 2 aliphatic heterocycles. The molecule has 6 nitrogen and oxygen atoms in total. The summed E-state index contributed by atoms with van der Waals surface area (Å²) in [7, 11) is 0. The van der Waals surface area contributed by atoms with Crippen molar-refractivity contribution in [3.63, 3.8) is 0 Å². The van der Waals surface area contributed by atoms with Crippen molar-refractivity contribution in [2.75, 3.05) is 31.2 Å². The fraction of sp³-hybridized carbons (Fsp3) is 0.308. The van der Waals surface area contributed by atoms with Gasteiger partial charge < -0.3 is 9.64 Å². The summed E-state index contributed by atoms with van der Waals surface area (Å²) in [4.78, 5) is 10.6. The molecule has 0 amide bonds. The van der Waals surface area contributed by atoms with Crippen LogP contribution in [0.15, 0.2) is 53.8 Å². The first kappa shape index (κ1) is 22.3. The van der Waals surface area contributed by atoms with Gasteiger partial charge in [-0.15, -0.1) is 11.8 Å². The lowest BCUT2D eigenvalue weighted by atomic mass is 9.92. The Balaban J connectivity index is 1.58. The van der Waals surface area contributed by atoms with Crippen molar-refractivity contribution in [1.82, 2.24) is 9.97 Å². The number of pyridine rings is 2. The molecule has 170 valence electrons. The molecule has 0 spiro atoms. The van der Waals surface area contributed by atoms with Crippen LogP contribution in [0.25, 0.3) is 11.1 Å². The summed E-state index contributed by atoms with van der Waals surface area (Å²) in [6, 6.07) is 16.4. The van der Waals surface area contributed by atoms with Gasteiger partial charge in [-0.25, -0.2) is 9.37 Å². The van der Waals surface area contributed by atoms with E-state index in [1.165, 1.54) is 17.3 Å². The van der Waals surface area contributed by atoms with Gasteiger partial charge in [0.25, 0.3) is 0 Å². The highest BCUT2D eigenvalue weighted by molar-refractivity contribution is 7.98. The van der Waals surface area contributed by atoms with Crippen LogP contribution in [-0.4, -0.2) is 42.4 Å². The number of hydrogen-bond acceptors (Lipinski definition) is 7. The molecule has 4 heterocycles. The van der Waals surface area contributed by atoms with Crippen LogP contribution in [0.4, 0.5) is 10.2 Å². The number of nitriles is 2. The van der Waals surface area contributed by atoms with Crippen molar-refractivity contribution in [3.05, 3.63) is 71.0 Å². The Kier molecular flexibility index (Phi) is 6.44. The second-order valence-corrected chi connectivity index (χ2v) is 9.39. The Labute approximate surface area is 202 Å². The van der Waals surface area contributed by atoms with Gasteiger partial charge in [-0.05, 0) is 29.2 Å². The van der Waals surface area contributed by atoms with Crippen molar-refractivity contribution in [2.45, 2.75) is 29.3 Å². The molecular weight excluding hydrogens is 449 g/mol. The number of benzene rings is 1. The maximum atomic E-state index is 13.7. The van der Waals surface area contributed by atoms with Crippen LogP contribution in [0.3, 0.4) is 0 Å². The number of ether oxygens (including phenoxy) is 1. The quantitative estimate of drug-likeness (QED) is 0.476. The van der Waals surface area contributed by atoms with Crippen molar-refractivity contribution >= 4 is 17.6 Å². The number of nitrogens with zero attached hydrogens (tertiary/aromatic N) is 5. The molecular formula is C26H22FN5OS. The fourth-order valence-corrected chi connectivity index (χ4v) is 5.25. The molecule has 2 saturated heterocycles. The normalized spacial score (nSPS) is 17.7. The molecule has 1 atom stereocenters. The van der Waals surface area contributed by atoms with Crippen molar-refractivity contribution in [3.8, 4) is 23.3 Å². The lowest BCUT2D eigenvalue weighted by molar-refractivity contribution is 0.194. The molecule has 5 rings (SSSR count). The van der Waals surface area contributed by atoms with Gasteiger partial charge in [-0.2, -0.15) is 10.5 Å². The summed E-state index contributed by atoms with van der Waals surface area (Å²) < 4.78 is 19.2. The summed E-state index contributed by atoms with van der Waals surface area (Å²) in [5.74, 6) is 1.38. The van der Waals surface area contributed by atoms with Crippen molar-refractivity contribution in [1.29, 1.82) is 10.5 Å². The molecule has 0 unspecified atom stereocenters. The second-order valence-electron chi connectivity index (χ2n) is 8.42. The molecule has 2 fully saturated rings. The molecule has 0 N–H and O–H groups in total. The van der Waals surface area contributed by atoms with Gasteiger partial charge in [0.2, 0.25) is 0 Å². The summed E-state index contributed by atoms with van der Waals surface area (Å²) in [5.41, 5.74) is 4.19. The third-order valence-corrected chi connectivity index (χ3v) is 7.25. The minimum Gasteiger partial charge on any atom is -0.381 e. The highest BCUT2D eigenvalue weighted by Crippen LogP contribution is 2.40. The van der Waals surface area contributed by atoms with Crippen LogP contribution in [-0.2, 0) is 10.5 Å². The number of rotatable bonds is 6. The maximum absolute atomic E-state index is 13.7. The van der Waals surface area contributed by atoms with E-state index in [9.17, 15) is 14.9 Å². The Morgan fingerprint density at radius 1 is 1.12 bits per heavy atom. The average molecular weight is 472 g/mol. The zero-order chi connectivity index (χ0) is 23.5. The summed E-state index contributed by atoms with van der Waals surface area (Å²) >= 11 is 1.42. The molecule has 8 heteroatoms. The number of alkyl halides is 1. The predicted octanol–water partition coefficient (Wildman–Crippen LogP) is 4.84. The SMILES string of the molecule is N#Cc1c(SCc2cccnc2)nc(N2CC(F)C2)c(C#N)c1-c1ccc([C@@H]2CCOC2)cc1. The van der Waals surface area contributed by atoms with E-state index in [1.54, 1.807) is 17.3 Å². The molecule has 2 aromatic heterocycles. The summed E-state index contributed by atoms with van der Waals surface area (Å²) in [6.07, 6.45) is 3.54. The Morgan fingerprint density at radius 2 is 1.91 bits per heavy atom. The van der Waals surface area contributed by atoms with E-state index in [4.69, 9.17) is 9.72 Å². The van der Waals surface area contributed by atoms with E-state index in [1.807, 2.05) is 36.4 Å². The monoisotopic (exact) mass is 471 g/mol. The summed E-state index contributed by atoms with van der Waals surface area (Å²) in [5, 5.41) is 20.8. The van der Waals surface area contributed by atoms with E-state index in [-0.39, 0.29) is 13.1 Å². The smallest absolute Gasteiger partial charge is 0.148 e. The highest BCUT2D eigenvalue weighted by Gasteiger charge is 2.32. The number of aromatic nitrogens is 2. The minimum atomic E-state index is -0.938. The van der Waals surface area contributed by atoms with Crippen LogP contribution in [0.2, 0.25) is 0 Å². The van der Waals surface area contributed by atoms with E-state index in [0.717, 1.165) is 24.2 Å². The second kappa shape index (κ2) is 9.80. The lowest BCUT2D eigenvalue weighted by Crippen LogP contribution is -2.49. The van der Waals surface area contributed by atoms with Crippen LogP contribution in [0.5, 0.6) is 0 Å². The van der Waals surface area contributed by atoms with Crippen LogP contribution in [0.1, 0.15) is 34.6 Å². The van der Waals surface area contributed by atoms with Crippen LogP contribution < -0.4 is 4.90 Å². The van der Waals surface area contributed by atoms with Gasteiger partial charge >= 0.3 is 0 Å². The third-order valence-electron chi connectivity index (χ3n) is 6.20. The predicted molar refractivity (Wildman–Crippen MR) is 128 cm³/mol. The van der Waals surface area contributed by atoms with E-state index in [2.05, 4.69) is 17.1 Å². The number of hydrogen-bond donors (Lipinski definition) is 0. The largest absolute Gasteiger partial charge is 0.381 e. The maximum Gasteiger partial charge on any atom is 0.148 e. The molecule has 0 saturated carbocycles. The van der Waals surface area contributed by atoms with Gasteiger partial charge in [0, 0.05) is 36.2 Å². The van der Waals surface area contributed by atoms with Crippen molar-refractivity contribution < 1.29 is 9.13 Å². The standard InChI is InChI=1S/C26H22FN5OS/c27-21-13-32(14-21)25-22(10-28)24(19-5-3-18(4-6-19)20-7-9-33-15-20)23(11-29)26(31-25)34-16-17-2-1-8-30-12-17/h1-6,8,12,20-21H,7,9,13-16H2/t20-/m1/s1. The van der Waals surface area contributed by atoms with Crippen molar-refractivity contribution in [2.24, 2.45) is 0 Å². The fourth-order valence-electron chi connectivity index (χ4n) is 4.34. The first-order chi connectivity index (χ1) is 16.7. The van der Waals surface area contributed by atoms with Gasteiger partial charge in [0.1, 0.15) is 34.7 Å². The summed E-state index contributed by atoms with van der Waals surface area (Å²) in [6.45, 7) is 1.86. The Hall–Kier alpha value is -3.46. The van der Waals surface area contributed by atoms with E-state index in [0.29, 0.717) is 45.8 Å².